The van der Waals surface area contributed by atoms with Crippen LogP contribution in [0.3, 0.4) is 0 Å². The molecule has 2 aliphatic heterocycles. The van der Waals surface area contributed by atoms with Crippen LogP contribution in [0.1, 0.15) is 32.6 Å². The molecule has 3 nitrogen and oxygen atoms in total. The summed E-state index contributed by atoms with van der Waals surface area (Å²) in [7, 11) is 0. The lowest BCUT2D eigenvalue weighted by Gasteiger charge is -2.42. The number of nitrogens with one attached hydrogen (secondary N) is 1. The minimum atomic E-state index is -0.441. The molecule has 0 spiro atoms. The number of hydrogen-bond acceptors (Lipinski definition) is 3. The fraction of sp³-hybridized carbons (Fsp3) is 1.00. The molecule has 14 heavy (non-hydrogen) atoms. The zero-order chi connectivity index (χ0) is 10.0. The van der Waals surface area contributed by atoms with Gasteiger partial charge in [-0.1, -0.05) is 0 Å². The first-order chi connectivity index (χ1) is 6.67. The molecule has 2 heterocycles. The lowest BCUT2D eigenvalue weighted by atomic mass is 9.92. The van der Waals surface area contributed by atoms with Gasteiger partial charge in [-0.25, -0.2) is 0 Å². The smallest absolute Gasteiger partial charge is 0.0746 e. The molecule has 2 fully saturated rings. The van der Waals surface area contributed by atoms with Crippen molar-refractivity contribution in [1.82, 2.24) is 10.2 Å². The van der Waals surface area contributed by atoms with Gasteiger partial charge in [-0.2, -0.15) is 0 Å². The normalized spacial score (nSPS) is 37.3. The SMILES string of the molecule is CC1(O)CCCN(C2CCNCC2)C1. The molecule has 2 aliphatic rings. The molecule has 82 valence electrons. The predicted molar refractivity (Wildman–Crippen MR) is 57.3 cm³/mol. The van der Waals surface area contributed by atoms with Gasteiger partial charge in [0.1, 0.15) is 0 Å². The van der Waals surface area contributed by atoms with Crippen LogP contribution >= 0.6 is 0 Å². The molecule has 2 rings (SSSR count). The van der Waals surface area contributed by atoms with E-state index in [2.05, 4.69) is 10.2 Å². The number of nitrogens with zero attached hydrogens (tertiary/aromatic N) is 1. The van der Waals surface area contributed by atoms with Gasteiger partial charge in [0, 0.05) is 12.6 Å². The summed E-state index contributed by atoms with van der Waals surface area (Å²) in [4.78, 5) is 2.49. The molecule has 0 aromatic heterocycles. The van der Waals surface area contributed by atoms with E-state index in [9.17, 15) is 5.11 Å². The molecule has 0 saturated carbocycles. The molecule has 2 N–H and O–H groups in total. The summed E-state index contributed by atoms with van der Waals surface area (Å²) in [5.74, 6) is 0. The number of β-amino-alcohol motifs (C(OH)–C–C–N with tert-alkyl or cyclic N) is 1. The highest BCUT2D eigenvalue weighted by Gasteiger charge is 2.32. The summed E-state index contributed by atoms with van der Waals surface area (Å²) in [6.07, 6.45) is 4.61. The van der Waals surface area contributed by atoms with Crippen molar-refractivity contribution in [1.29, 1.82) is 0 Å². The summed E-state index contributed by atoms with van der Waals surface area (Å²) in [5.41, 5.74) is -0.441. The molecule has 1 atom stereocenters. The first-order valence-corrected chi connectivity index (χ1v) is 5.84. The Kier molecular flexibility index (Phi) is 3.10. The van der Waals surface area contributed by atoms with E-state index >= 15 is 0 Å². The van der Waals surface area contributed by atoms with Crippen molar-refractivity contribution in [3.8, 4) is 0 Å². The maximum atomic E-state index is 10.0. The van der Waals surface area contributed by atoms with Crippen molar-refractivity contribution in [2.45, 2.75) is 44.2 Å². The average Bonchev–Trinajstić information content (AvgIpc) is 2.18. The Bertz CT molecular complexity index is 188. The van der Waals surface area contributed by atoms with Crippen LogP contribution in [0.5, 0.6) is 0 Å². The summed E-state index contributed by atoms with van der Waals surface area (Å²) in [6, 6.07) is 0.711. The predicted octanol–water partition coefficient (Wildman–Crippen LogP) is 0.585. The number of rotatable bonds is 1. The molecule has 0 radical (unpaired) electrons. The molecule has 0 bridgehead atoms. The van der Waals surface area contributed by atoms with Crippen LogP contribution < -0.4 is 5.32 Å². The largest absolute Gasteiger partial charge is 0.389 e. The number of likely N-dealkylation sites (tertiary alicyclic amines) is 1. The maximum Gasteiger partial charge on any atom is 0.0746 e. The van der Waals surface area contributed by atoms with Gasteiger partial charge in [-0.3, -0.25) is 4.90 Å². The van der Waals surface area contributed by atoms with Gasteiger partial charge < -0.3 is 10.4 Å². The second-order valence-corrected chi connectivity index (χ2v) is 5.05. The fourth-order valence-electron chi connectivity index (χ4n) is 2.74. The molecule has 0 amide bonds. The average molecular weight is 198 g/mol. The third kappa shape index (κ3) is 2.47. The third-order valence-corrected chi connectivity index (χ3v) is 3.53. The molecule has 2 saturated heterocycles. The molecule has 1 unspecified atom stereocenters. The minimum absolute atomic E-state index is 0.441. The minimum Gasteiger partial charge on any atom is -0.389 e. The van der Waals surface area contributed by atoms with E-state index in [0.717, 1.165) is 32.5 Å². The molecule has 0 aliphatic carbocycles. The lowest BCUT2D eigenvalue weighted by molar-refractivity contribution is -0.0339. The second-order valence-electron chi connectivity index (χ2n) is 5.05. The Labute approximate surface area is 86.5 Å². The number of hydrogen-bond donors (Lipinski definition) is 2. The van der Waals surface area contributed by atoms with E-state index in [1.165, 1.54) is 19.4 Å². The van der Waals surface area contributed by atoms with Crippen LogP contribution in [-0.2, 0) is 0 Å². The molecular formula is C11H22N2O. The molecule has 3 heteroatoms. The highest BCUT2D eigenvalue weighted by Crippen LogP contribution is 2.24. The topological polar surface area (TPSA) is 35.5 Å². The lowest BCUT2D eigenvalue weighted by Crippen LogP contribution is -2.52. The standard InChI is InChI=1S/C11H22N2O/c1-11(14)5-2-8-13(9-11)10-3-6-12-7-4-10/h10,12,14H,2-9H2,1H3. The van der Waals surface area contributed by atoms with Crippen LogP contribution in [-0.4, -0.2) is 47.8 Å². The highest BCUT2D eigenvalue weighted by atomic mass is 16.3. The highest BCUT2D eigenvalue weighted by molar-refractivity contribution is 4.88. The molecule has 0 aromatic carbocycles. The summed E-state index contributed by atoms with van der Waals surface area (Å²) in [6.45, 7) is 6.31. The summed E-state index contributed by atoms with van der Waals surface area (Å²) in [5, 5.41) is 13.4. The molecular weight excluding hydrogens is 176 g/mol. The Hall–Kier alpha value is -0.120. The summed E-state index contributed by atoms with van der Waals surface area (Å²) >= 11 is 0. The number of aliphatic hydroxyl groups is 1. The summed E-state index contributed by atoms with van der Waals surface area (Å²) < 4.78 is 0. The van der Waals surface area contributed by atoms with Gasteiger partial charge in [0.25, 0.3) is 0 Å². The quantitative estimate of drug-likeness (QED) is 0.647. The van der Waals surface area contributed by atoms with E-state index in [0.29, 0.717) is 6.04 Å². The zero-order valence-corrected chi connectivity index (χ0v) is 9.13. The fourth-order valence-corrected chi connectivity index (χ4v) is 2.74. The Morgan fingerprint density at radius 1 is 1.36 bits per heavy atom. The van der Waals surface area contributed by atoms with Gasteiger partial charge in [0.15, 0.2) is 0 Å². The van der Waals surface area contributed by atoms with Crippen molar-refractivity contribution in [3.05, 3.63) is 0 Å². The maximum absolute atomic E-state index is 10.0. The van der Waals surface area contributed by atoms with Crippen molar-refractivity contribution in [3.63, 3.8) is 0 Å². The zero-order valence-electron chi connectivity index (χ0n) is 9.13. The van der Waals surface area contributed by atoms with E-state index < -0.39 is 5.60 Å². The Balaban J connectivity index is 1.89. The monoisotopic (exact) mass is 198 g/mol. The van der Waals surface area contributed by atoms with Gasteiger partial charge in [-0.15, -0.1) is 0 Å². The van der Waals surface area contributed by atoms with E-state index in [4.69, 9.17) is 0 Å². The Morgan fingerprint density at radius 2 is 2.07 bits per heavy atom. The van der Waals surface area contributed by atoms with Crippen molar-refractivity contribution in [2.24, 2.45) is 0 Å². The van der Waals surface area contributed by atoms with Crippen LogP contribution in [0.2, 0.25) is 0 Å². The number of piperidine rings is 2. The van der Waals surface area contributed by atoms with Crippen molar-refractivity contribution >= 4 is 0 Å². The Morgan fingerprint density at radius 3 is 2.71 bits per heavy atom. The van der Waals surface area contributed by atoms with Crippen LogP contribution in [0.25, 0.3) is 0 Å². The van der Waals surface area contributed by atoms with Crippen molar-refractivity contribution in [2.75, 3.05) is 26.2 Å². The van der Waals surface area contributed by atoms with Crippen LogP contribution in [0.15, 0.2) is 0 Å². The first-order valence-electron chi connectivity index (χ1n) is 5.84. The van der Waals surface area contributed by atoms with E-state index in [1.54, 1.807) is 0 Å². The first kappa shape index (κ1) is 10.4. The van der Waals surface area contributed by atoms with E-state index in [-0.39, 0.29) is 0 Å². The van der Waals surface area contributed by atoms with Crippen molar-refractivity contribution < 1.29 is 5.11 Å². The van der Waals surface area contributed by atoms with Gasteiger partial charge in [-0.05, 0) is 52.2 Å². The second kappa shape index (κ2) is 4.17. The molecule has 0 aromatic rings. The van der Waals surface area contributed by atoms with Gasteiger partial charge >= 0.3 is 0 Å². The third-order valence-electron chi connectivity index (χ3n) is 3.53. The van der Waals surface area contributed by atoms with E-state index in [1.807, 2.05) is 6.92 Å². The van der Waals surface area contributed by atoms with Crippen LogP contribution in [0, 0.1) is 0 Å². The van der Waals surface area contributed by atoms with Crippen LogP contribution in [0.4, 0.5) is 0 Å². The van der Waals surface area contributed by atoms with Gasteiger partial charge in [0.05, 0.1) is 5.60 Å². The van der Waals surface area contributed by atoms with Gasteiger partial charge in [0.2, 0.25) is 0 Å².